The maximum absolute atomic E-state index is 9.94. The van der Waals surface area contributed by atoms with E-state index in [1.54, 1.807) is 0 Å². The fourth-order valence-electron chi connectivity index (χ4n) is 4.67. The van der Waals surface area contributed by atoms with E-state index in [-0.39, 0.29) is 12.0 Å². The molecule has 0 aromatic heterocycles. The molecule has 0 radical (unpaired) electrons. The number of hydrogen-bond donors (Lipinski definition) is 1. The summed E-state index contributed by atoms with van der Waals surface area (Å²) in [6, 6.07) is 1.19. The Morgan fingerprint density at radius 3 is 2.80 bits per heavy atom. The van der Waals surface area contributed by atoms with Crippen molar-refractivity contribution in [1.82, 2.24) is 4.90 Å². The lowest BCUT2D eigenvalue weighted by Gasteiger charge is -2.49. The zero-order valence-electron chi connectivity index (χ0n) is 12.1. The van der Waals surface area contributed by atoms with E-state index < -0.39 is 0 Å². The van der Waals surface area contributed by atoms with Crippen LogP contribution in [0.15, 0.2) is 22.2 Å². The van der Waals surface area contributed by atoms with Crippen molar-refractivity contribution in [1.29, 1.82) is 0 Å². The summed E-state index contributed by atoms with van der Waals surface area (Å²) in [6.07, 6.45) is 8.60. The van der Waals surface area contributed by atoms with E-state index >= 15 is 0 Å². The normalized spacial score (nSPS) is 45.2. The summed E-state index contributed by atoms with van der Waals surface area (Å²) in [5.74, 6) is 0.825. The van der Waals surface area contributed by atoms with Crippen LogP contribution in [0.3, 0.4) is 0 Å². The molecule has 1 N–H and O–H groups in total. The first-order valence-corrected chi connectivity index (χ1v) is 8.28. The number of nitrogens with zero attached hydrogens (tertiary/aromatic N) is 1. The highest BCUT2D eigenvalue weighted by molar-refractivity contribution is 6.40. The predicted molar refractivity (Wildman–Crippen MR) is 83.9 cm³/mol. The molecule has 0 aromatic carbocycles. The van der Waals surface area contributed by atoms with E-state index in [1.165, 1.54) is 12.8 Å². The Bertz CT molecular complexity index is 461. The molecular weight excluding hydrogens is 293 g/mol. The minimum absolute atomic E-state index is 0.0188. The Kier molecular flexibility index (Phi) is 3.96. The van der Waals surface area contributed by atoms with Crippen molar-refractivity contribution in [2.24, 2.45) is 17.3 Å². The van der Waals surface area contributed by atoms with Gasteiger partial charge in [0.25, 0.3) is 0 Å². The van der Waals surface area contributed by atoms with Gasteiger partial charge >= 0.3 is 0 Å². The number of halogens is 2. The number of aliphatic hydroxyl groups is 1. The molecule has 2 saturated heterocycles. The van der Waals surface area contributed by atoms with Crippen LogP contribution in [0.1, 0.15) is 32.6 Å². The molecule has 4 heteroatoms. The molecule has 3 aliphatic rings. The molecule has 1 unspecified atom stereocenters. The van der Waals surface area contributed by atoms with Gasteiger partial charge in [-0.3, -0.25) is 0 Å². The Balaban J connectivity index is 1.88. The van der Waals surface area contributed by atoms with Crippen LogP contribution < -0.4 is 0 Å². The van der Waals surface area contributed by atoms with Gasteiger partial charge in [0.2, 0.25) is 0 Å². The second-order valence-electron chi connectivity index (χ2n) is 6.92. The summed E-state index contributed by atoms with van der Waals surface area (Å²) >= 11 is 12.4. The summed E-state index contributed by atoms with van der Waals surface area (Å²) in [7, 11) is 2.21. The number of aliphatic hydroxyl groups excluding tert-OH is 1. The van der Waals surface area contributed by atoms with Crippen molar-refractivity contribution in [3.8, 4) is 0 Å². The quantitative estimate of drug-likeness (QED) is 0.839. The highest BCUT2D eigenvalue weighted by Gasteiger charge is 2.50. The van der Waals surface area contributed by atoms with Gasteiger partial charge in [-0.25, -0.2) is 0 Å². The number of allylic oxidation sites excluding steroid dienone is 4. The van der Waals surface area contributed by atoms with Gasteiger partial charge in [-0.05, 0) is 50.1 Å². The smallest absolute Gasteiger partial charge is 0.0548 e. The second-order valence-corrected chi connectivity index (χ2v) is 7.78. The zero-order chi connectivity index (χ0) is 14.5. The third kappa shape index (κ3) is 2.25. The summed E-state index contributed by atoms with van der Waals surface area (Å²) in [5.41, 5.74) is 0.0188. The van der Waals surface area contributed by atoms with Gasteiger partial charge in [-0.1, -0.05) is 36.2 Å². The van der Waals surface area contributed by atoms with Gasteiger partial charge < -0.3 is 10.0 Å². The van der Waals surface area contributed by atoms with Crippen molar-refractivity contribution in [3.05, 3.63) is 22.2 Å². The maximum atomic E-state index is 9.94. The van der Waals surface area contributed by atoms with Crippen molar-refractivity contribution < 1.29 is 5.11 Å². The lowest BCUT2D eigenvalue weighted by atomic mass is 9.63. The molecule has 2 fully saturated rings. The SMILES string of the molecule is CN1[C@H]2CC[C@@H]1[C@H](CO)[C@@H](C1(C)C=CC(Cl)=C(Cl)C1)C2. The third-order valence-electron chi connectivity index (χ3n) is 5.90. The molecule has 20 heavy (non-hydrogen) atoms. The minimum Gasteiger partial charge on any atom is -0.396 e. The Hall–Kier alpha value is -0.0200. The number of piperidine rings is 1. The fraction of sp³-hybridized carbons (Fsp3) is 0.750. The van der Waals surface area contributed by atoms with E-state index in [0.29, 0.717) is 29.0 Å². The lowest BCUT2D eigenvalue weighted by Crippen LogP contribution is -2.52. The predicted octanol–water partition coefficient (Wildman–Crippen LogP) is 3.73. The molecule has 2 aliphatic heterocycles. The lowest BCUT2D eigenvalue weighted by molar-refractivity contribution is -0.0120. The molecule has 0 saturated carbocycles. The topological polar surface area (TPSA) is 23.5 Å². The Labute approximate surface area is 131 Å². The minimum atomic E-state index is 0.0188. The fourth-order valence-corrected chi connectivity index (χ4v) is 5.15. The standard InChI is InChI=1S/C16H23Cl2NO/c1-16(6-5-13(17)14(18)8-16)12-7-10-3-4-15(19(10)2)11(12)9-20/h5-6,10-12,15,20H,3-4,7-9H2,1-2H3/t10-,11+,12-,15+,16?/m0/s1. The molecule has 1 aliphatic carbocycles. The molecule has 2 heterocycles. The van der Waals surface area contributed by atoms with Gasteiger partial charge in [0.15, 0.2) is 0 Å². The highest BCUT2D eigenvalue weighted by Crippen LogP contribution is 2.53. The Morgan fingerprint density at radius 2 is 2.15 bits per heavy atom. The highest BCUT2D eigenvalue weighted by atomic mass is 35.5. The zero-order valence-corrected chi connectivity index (χ0v) is 13.7. The maximum Gasteiger partial charge on any atom is 0.0548 e. The van der Waals surface area contributed by atoms with Gasteiger partial charge in [0.1, 0.15) is 0 Å². The average Bonchev–Trinajstić information content (AvgIpc) is 2.66. The monoisotopic (exact) mass is 315 g/mol. The van der Waals surface area contributed by atoms with Crippen LogP contribution in [0, 0.1) is 17.3 Å². The molecule has 0 amide bonds. The van der Waals surface area contributed by atoms with Crippen molar-refractivity contribution in [3.63, 3.8) is 0 Å². The van der Waals surface area contributed by atoms with Crippen LogP contribution in [0.25, 0.3) is 0 Å². The first-order chi connectivity index (χ1) is 9.46. The molecular formula is C16H23Cl2NO. The number of fused-ring (bicyclic) bond motifs is 2. The summed E-state index contributed by atoms with van der Waals surface area (Å²) < 4.78 is 0. The van der Waals surface area contributed by atoms with Crippen LogP contribution in [-0.2, 0) is 0 Å². The molecule has 2 bridgehead atoms. The van der Waals surface area contributed by atoms with E-state index in [0.717, 1.165) is 17.9 Å². The van der Waals surface area contributed by atoms with Crippen LogP contribution in [-0.4, -0.2) is 35.7 Å². The van der Waals surface area contributed by atoms with Crippen LogP contribution >= 0.6 is 23.2 Å². The van der Waals surface area contributed by atoms with E-state index in [2.05, 4.69) is 24.9 Å². The van der Waals surface area contributed by atoms with Crippen LogP contribution in [0.4, 0.5) is 0 Å². The van der Waals surface area contributed by atoms with Crippen molar-refractivity contribution >= 4 is 23.2 Å². The summed E-state index contributed by atoms with van der Waals surface area (Å²) in [6.45, 7) is 2.54. The van der Waals surface area contributed by atoms with Crippen LogP contribution in [0.5, 0.6) is 0 Å². The molecule has 0 aromatic rings. The first kappa shape index (κ1) is 14.9. The van der Waals surface area contributed by atoms with E-state index in [4.69, 9.17) is 23.2 Å². The van der Waals surface area contributed by atoms with Gasteiger partial charge in [-0.15, -0.1) is 0 Å². The average molecular weight is 316 g/mol. The first-order valence-electron chi connectivity index (χ1n) is 7.52. The summed E-state index contributed by atoms with van der Waals surface area (Å²) in [5, 5.41) is 11.4. The molecule has 0 spiro atoms. The van der Waals surface area contributed by atoms with Crippen molar-refractivity contribution in [2.45, 2.75) is 44.7 Å². The third-order valence-corrected chi connectivity index (χ3v) is 6.68. The number of rotatable bonds is 2. The molecule has 3 rings (SSSR count). The summed E-state index contributed by atoms with van der Waals surface area (Å²) in [4.78, 5) is 2.48. The van der Waals surface area contributed by atoms with E-state index in [1.807, 2.05) is 6.08 Å². The molecule has 2 nitrogen and oxygen atoms in total. The van der Waals surface area contributed by atoms with Gasteiger partial charge in [0, 0.05) is 29.6 Å². The van der Waals surface area contributed by atoms with Crippen molar-refractivity contribution in [2.75, 3.05) is 13.7 Å². The molecule has 112 valence electrons. The van der Waals surface area contributed by atoms with Gasteiger partial charge in [0.05, 0.1) is 5.03 Å². The molecule has 5 atom stereocenters. The second kappa shape index (κ2) is 5.31. The largest absolute Gasteiger partial charge is 0.396 e. The van der Waals surface area contributed by atoms with Crippen LogP contribution in [0.2, 0.25) is 0 Å². The number of hydrogen-bond acceptors (Lipinski definition) is 2. The van der Waals surface area contributed by atoms with Gasteiger partial charge in [-0.2, -0.15) is 0 Å². The van der Waals surface area contributed by atoms with E-state index in [9.17, 15) is 5.11 Å². The Morgan fingerprint density at radius 1 is 1.40 bits per heavy atom.